The Balaban J connectivity index is 1.55. The van der Waals surface area contributed by atoms with Gasteiger partial charge in [-0.25, -0.2) is 9.37 Å². The van der Waals surface area contributed by atoms with Crippen LogP contribution in [0.5, 0.6) is 11.6 Å². The van der Waals surface area contributed by atoms with Gasteiger partial charge in [-0.15, -0.1) is 0 Å². The summed E-state index contributed by atoms with van der Waals surface area (Å²) in [5.41, 5.74) is 5.59. The maximum Gasteiger partial charge on any atom is 0.267 e. The maximum atomic E-state index is 13.2. The molecule has 2 aromatic heterocycles. The number of nitrogen functional groups attached to an aromatic ring is 1. The SMILES string of the molecule is Nc1ncnc(Oc2ccc(NC(=O)c3cccn(-c4ccc(F)cc4)c3=O)c(Cl)c2)c1Cl. The topological polar surface area (TPSA) is 112 Å². The number of carbonyl (C=O) groups is 1. The van der Waals surface area contributed by atoms with Crippen molar-refractivity contribution in [3.8, 4) is 17.3 Å². The molecule has 0 atom stereocenters. The van der Waals surface area contributed by atoms with Crippen molar-refractivity contribution in [1.29, 1.82) is 0 Å². The predicted octanol–water partition coefficient (Wildman–Crippen LogP) is 4.70. The molecule has 166 valence electrons. The van der Waals surface area contributed by atoms with Crippen LogP contribution in [-0.2, 0) is 0 Å². The molecule has 8 nitrogen and oxygen atoms in total. The van der Waals surface area contributed by atoms with E-state index in [9.17, 15) is 14.0 Å². The lowest BCUT2D eigenvalue weighted by molar-refractivity contribution is 0.102. The molecule has 3 N–H and O–H groups in total. The zero-order chi connectivity index (χ0) is 23.5. The average molecular weight is 486 g/mol. The van der Waals surface area contributed by atoms with Crippen molar-refractivity contribution in [1.82, 2.24) is 14.5 Å². The number of anilines is 2. The van der Waals surface area contributed by atoms with E-state index in [1.807, 2.05) is 0 Å². The molecule has 0 spiro atoms. The Kier molecular flexibility index (Phi) is 6.25. The number of rotatable bonds is 5. The number of nitrogens with one attached hydrogen (secondary N) is 1. The Morgan fingerprint density at radius 2 is 1.85 bits per heavy atom. The summed E-state index contributed by atoms with van der Waals surface area (Å²) in [6, 6.07) is 12.7. The van der Waals surface area contributed by atoms with E-state index in [-0.39, 0.29) is 38.7 Å². The standard InChI is InChI=1S/C22H14Cl2FN5O3/c23-16-10-14(33-21-18(24)19(26)27-11-28-21)7-8-17(16)29-20(31)15-2-1-9-30(22(15)32)13-5-3-12(25)4-6-13/h1-11H,(H,29,31)(H2,26,27,28). The van der Waals surface area contributed by atoms with Gasteiger partial charge in [0.1, 0.15) is 34.3 Å². The fourth-order valence-electron chi connectivity index (χ4n) is 2.87. The first kappa shape index (κ1) is 22.3. The van der Waals surface area contributed by atoms with Crippen LogP contribution in [0, 0.1) is 5.82 Å². The number of nitrogens with two attached hydrogens (primary N) is 1. The number of aromatic nitrogens is 3. The molecule has 2 heterocycles. The first-order valence-electron chi connectivity index (χ1n) is 9.36. The average Bonchev–Trinajstić information content (AvgIpc) is 2.79. The third-order valence-corrected chi connectivity index (χ3v) is 5.15. The van der Waals surface area contributed by atoms with Gasteiger partial charge in [0.15, 0.2) is 0 Å². The molecule has 0 bridgehead atoms. The number of benzene rings is 2. The first-order chi connectivity index (χ1) is 15.8. The molecule has 11 heteroatoms. The Bertz CT molecular complexity index is 1410. The fraction of sp³-hybridized carbons (Fsp3) is 0. The van der Waals surface area contributed by atoms with E-state index in [0.29, 0.717) is 5.69 Å². The van der Waals surface area contributed by atoms with Gasteiger partial charge in [0, 0.05) is 18.0 Å². The summed E-state index contributed by atoms with van der Waals surface area (Å²) in [6.45, 7) is 0. The van der Waals surface area contributed by atoms with Crippen LogP contribution in [0.4, 0.5) is 15.9 Å². The van der Waals surface area contributed by atoms with E-state index in [4.69, 9.17) is 33.7 Å². The second-order valence-electron chi connectivity index (χ2n) is 6.65. The Morgan fingerprint density at radius 1 is 1.09 bits per heavy atom. The normalized spacial score (nSPS) is 10.6. The van der Waals surface area contributed by atoms with E-state index in [2.05, 4.69) is 15.3 Å². The lowest BCUT2D eigenvalue weighted by atomic mass is 10.2. The minimum Gasteiger partial charge on any atom is -0.437 e. The smallest absolute Gasteiger partial charge is 0.267 e. The van der Waals surface area contributed by atoms with Gasteiger partial charge in [-0.1, -0.05) is 23.2 Å². The quantitative estimate of drug-likeness (QED) is 0.423. The summed E-state index contributed by atoms with van der Waals surface area (Å²) in [7, 11) is 0. The van der Waals surface area contributed by atoms with Crippen LogP contribution in [0.25, 0.3) is 5.69 Å². The molecule has 0 aliphatic carbocycles. The second kappa shape index (κ2) is 9.27. The molecule has 33 heavy (non-hydrogen) atoms. The van der Waals surface area contributed by atoms with Crippen LogP contribution in [0.1, 0.15) is 10.4 Å². The molecule has 0 radical (unpaired) electrons. The molecule has 4 aromatic rings. The number of pyridine rings is 1. The van der Waals surface area contributed by atoms with Crippen molar-refractivity contribution in [3.05, 3.63) is 98.9 Å². The highest BCUT2D eigenvalue weighted by atomic mass is 35.5. The summed E-state index contributed by atoms with van der Waals surface area (Å²) >= 11 is 12.3. The van der Waals surface area contributed by atoms with Crippen LogP contribution in [0.15, 0.2) is 71.9 Å². The molecule has 0 saturated heterocycles. The number of hydrogen-bond donors (Lipinski definition) is 2. The van der Waals surface area contributed by atoms with Crippen molar-refractivity contribution >= 4 is 40.6 Å². The molecule has 0 aliphatic heterocycles. The van der Waals surface area contributed by atoms with Crippen molar-refractivity contribution < 1.29 is 13.9 Å². The molecule has 0 saturated carbocycles. The number of nitrogens with zero attached hydrogens (tertiary/aromatic N) is 3. The minimum atomic E-state index is -0.668. The lowest BCUT2D eigenvalue weighted by Gasteiger charge is -2.11. The number of halogens is 3. The molecule has 1 amide bonds. The fourth-order valence-corrected chi connectivity index (χ4v) is 3.23. The van der Waals surface area contributed by atoms with Gasteiger partial charge in [0.25, 0.3) is 11.5 Å². The molecule has 2 aromatic carbocycles. The van der Waals surface area contributed by atoms with Crippen molar-refractivity contribution in [2.45, 2.75) is 0 Å². The number of ether oxygens (including phenoxy) is 1. The van der Waals surface area contributed by atoms with Gasteiger partial charge in [0.05, 0.1) is 10.7 Å². The van der Waals surface area contributed by atoms with E-state index in [0.717, 1.165) is 0 Å². The van der Waals surface area contributed by atoms with E-state index in [1.54, 1.807) is 0 Å². The van der Waals surface area contributed by atoms with E-state index in [1.165, 1.54) is 71.7 Å². The first-order valence-corrected chi connectivity index (χ1v) is 10.1. The zero-order valence-corrected chi connectivity index (χ0v) is 18.1. The molecular formula is C22H14Cl2FN5O3. The van der Waals surface area contributed by atoms with Gasteiger partial charge in [-0.2, -0.15) is 4.98 Å². The van der Waals surface area contributed by atoms with E-state index >= 15 is 0 Å². The Labute approximate surface area is 196 Å². The van der Waals surface area contributed by atoms with Crippen LogP contribution in [0.2, 0.25) is 10.0 Å². The number of carbonyl (C=O) groups excluding carboxylic acids is 1. The van der Waals surface area contributed by atoms with Crippen molar-refractivity contribution in [2.24, 2.45) is 0 Å². The maximum absolute atomic E-state index is 13.2. The highest BCUT2D eigenvalue weighted by Gasteiger charge is 2.16. The summed E-state index contributed by atoms with van der Waals surface area (Å²) < 4.78 is 20.0. The van der Waals surface area contributed by atoms with Gasteiger partial charge < -0.3 is 15.8 Å². The van der Waals surface area contributed by atoms with Crippen molar-refractivity contribution in [2.75, 3.05) is 11.1 Å². The van der Waals surface area contributed by atoms with Crippen LogP contribution < -0.4 is 21.3 Å². The van der Waals surface area contributed by atoms with Gasteiger partial charge in [-0.3, -0.25) is 14.2 Å². The van der Waals surface area contributed by atoms with Crippen molar-refractivity contribution in [3.63, 3.8) is 0 Å². The number of amides is 1. The third kappa shape index (κ3) is 4.79. The second-order valence-corrected chi connectivity index (χ2v) is 7.43. The highest BCUT2D eigenvalue weighted by Crippen LogP contribution is 2.33. The largest absolute Gasteiger partial charge is 0.437 e. The highest BCUT2D eigenvalue weighted by molar-refractivity contribution is 6.34. The minimum absolute atomic E-state index is 0.0441. The van der Waals surface area contributed by atoms with Gasteiger partial charge >= 0.3 is 0 Å². The van der Waals surface area contributed by atoms with Gasteiger partial charge in [-0.05, 0) is 48.5 Å². The predicted molar refractivity (Wildman–Crippen MR) is 123 cm³/mol. The molecule has 0 fully saturated rings. The van der Waals surface area contributed by atoms with Crippen LogP contribution in [-0.4, -0.2) is 20.4 Å². The third-order valence-electron chi connectivity index (χ3n) is 4.48. The summed E-state index contributed by atoms with van der Waals surface area (Å²) in [5, 5.41) is 2.79. The molecule has 0 unspecified atom stereocenters. The lowest BCUT2D eigenvalue weighted by Crippen LogP contribution is -2.27. The molecule has 4 rings (SSSR count). The monoisotopic (exact) mass is 485 g/mol. The van der Waals surface area contributed by atoms with Crippen LogP contribution >= 0.6 is 23.2 Å². The number of hydrogen-bond acceptors (Lipinski definition) is 6. The van der Waals surface area contributed by atoms with Gasteiger partial charge in [0.2, 0.25) is 5.88 Å². The van der Waals surface area contributed by atoms with E-state index < -0.39 is 17.3 Å². The Morgan fingerprint density at radius 3 is 2.58 bits per heavy atom. The summed E-state index contributed by atoms with van der Waals surface area (Å²) in [5.74, 6) is -0.711. The molecule has 0 aliphatic rings. The summed E-state index contributed by atoms with van der Waals surface area (Å²) in [4.78, 5) is 33.2. The molecular weight excluding hydrogens is 472 g/mol. The van der Waals surface area contributed by atoms with Crippen LogP contribution in [0.3, 0.4) is 0 Å². The zero-order valence-electron chi connectivity index (χ0n) is 16.6. The summed E-state index contributed by atoms with van der Waals surface area (Å²) in [6.07, 6.45) is 2.68. The Hall–Kier alpha value is -3.95.